The van der Waals surface area contributed by atoms with Crippen molar-refractivity contribution < 1.29 is 14.6 Å². The number of hydrogen-bond donors (Lipinski definition) is 0. The smallest absolute Gasteiger partial charge is 0.269 e. The SMILES string of the molecule is O=CC[C@@H](C[N+](=O)[O-])c1ccc([N+](=O)[O-])cc1. The molecule has 0 spiro atoms. The predicted molar refractivity (Wildman–Crippen MR) is 58.4 cm³/mol. The van der Waals surface area contributed by atoms with Gasteiger partial charge in [-0.3, -0.25) is 20.2 Å². The standard InChI is InChI=1S/C10H10N2O5/c13-6-5-9(7-11(14)15)8-1-3-10(4-2-8)12(16)17/h1-4,6,9H,5,7H2/t9-/m0/s1. The molecule has 0 aliphatic carbocycles. The molecule has 90 valence electrons. The first kappa shape index (κ1) is 12.8. The Labute approximate surface area is 96.4 Å². The van der Waals surface area contributed by atoms with Gasteiger partial charge in [-0.25, -0.2) is 0 Å². The first-order valence-corrected chi connectivity index (χ1v) is 4.84. The fourth-order valence-electron chi connectivity index (χ4n) is 1.48. The van der Waals surface area contributed by atoms with Crippen LogP contribution in [0.2, 0.25) is 0 Å². The number of aldehydes is 1. The zero-order valence-electron chi connectivity index (χ0n) is 8.81. The summed E-state index contributed by atoms with van der Waals surface area (Å²) in [6.07, 6.45) is 0.633. The Morgan fingerprint density at radius 2 is 1.76 bits per heavy atom. The second kappa shape index (κ2) is 5.69. The van der Waals surface area contributed by atoms with Crippen molar-refractivity contribution in [2.45, 2.75) is 12.3 Å². The van der Waals surface area contributed by atoms with E-state index in [4.69, 9.17) is 0 Å². The average molecular weight is 238 g/mol. The molecule has 0 bridgehead atoms. The monoisotopic (exact) mass is 238 g/mol. The van der Waals surface area contributed by atoms with Crippen molar-refractivity contribution in [1.82, 2.24) is 0 Å². The molecule has 1 aromatic rings. The molecule has 17 heavy (non-hydrogen) atoms. The number of carbonyl (C=O) groups is 1. The van der Waals surface area contributed by atoms with Gasteiger partial charge in [-0.2, -0.15) is 0 Å². The molecule has 0 aromatic heterocycles. The molecule has 0 saturated carbocycles. The molecule has 7 nitrogen and oxygen atoms in total. The lowest BCUT2D eigenvalue weighted by Gasteiger charge is -2.09. The van der Waals surface area contributed by atoms with Gasteiger partial charge in [0, 0.05) is 23.5 Å². The molecule has 1 atom stereocenters. The number of non-ortho nitro benzene ring substituents is 1. The van der Waals surface area contributed by atoms with E-state index >= 15 is 0 Å². The highest BCUT2D eigenvalue weighted by Crippen LogP contribution is 2.21. The molecule has 0 fully saturated rings. The van der Waals surface area contributed by atoms with Gasteiger partial charge < -0.3 is 4.79 Å². The molecule has 0 unspecified atom stereocenters. The number of hydrogen-bond acceptors (Lipinski definition) is 5. The number of benzene rings is 1. The van der Waals surface area contributed by atoms with Crippen LogP contribution in [-0.4, -0.2) is 22.7 Å². The van der Waals surface area contributed by atoms with E-state index in [1.165, 1.54) is 24.3 Å². The van der Waals surface area contributed by atoms with Gasteiger partial charge in [-0.05, 0) is 5.56 Å². The summed E-state index contributed by atoms with van der Waals surface area (Å²) in [5.41, 5.74) is 0.471. The predicted octanol–water partition coefficient (Wildman–Crippen LogP) is 1.54. The lowest BCUT2D eigenvalue weighted by molar-refractivity contribution is -0.483. The Morgan fingerprint density at radius 3 is 2.18 bits per heavy atom. The van der Waals surface area contributed by atoms with Crippen molar-refractivity contribution in [3.8, 4) is 0 Å². The van der Waals surface area contributed by atoms with E-state index in [0.717, 1.165) is 0 Å². The second-order valence-corrected chi connectivity index (χ2v) is 3.46. The van der Waals surface area contributed by atoms with Crippen LogP contribution >= 0.6 is 0 Å². The Bertz CT molecular complexity index is 429. The van der Waals surface area contributed by atoms with Gasteiger partial charge in [-0.1, -0.05) is 12.1 Å². The minimum Gasteiger partial charge on any atom is -0.303 e. The minimum absolute atomic E-state index is 0.0266. The summed E-state index contributed by atoms with van der Waals surface area (Å²) < 4.78 is 0. The Hall–Kier alpha value is -2.31. The van der Waals surface area contributed by atoms with Crippen LogP contribution in [0.25, 0.3) is 0 Å². The lowest BCUT2D eigenvalue weighted by Crippen LogP contribution is -2.13. The second-order valence-electron chi connectivity index (χ2n) is 3.46. The fourth-order valence-corrected chi connectivity index (χ4v) is 1.48. The molecule has 0 heterocycles. The number of rotatable bonds is 6. The number of nitro groups is 2. The molecule has 0 N–H and O–H groups in total. The fraction of sp³-hybridized carbons (Fsp3) is 0.300. The third kappa shape index (κ3) is 3.63. The molecule has 0 aliphatic heterocycles. The van der Waals surface area contributed by atoms with Gasteiger partial charge in [0.25, 0.3) is 5.69 Å². The van der Waals surface area contributed by atoms with Gasteiger partial charge in [0.05, 0.1) is 10.8 Å². The van der Waals surface area contributed by atoms with Gasteiger partial charge in [0.2, 0.25) is 6.54 Å². The van der Waals surface area contributed by atoms with Crippen molar-refractivity contribution in [3.05, 3.63) is 50.1 Å². The topological polar surface area (TPSA) is 103 Å². The summed E-state index contributed by atoms with van der Waals surface area (Å²) in [6, 6.07) is 5.42. The summed E-state index contributed by atoms with van der Waals surface area (Å²) in [7, 11) is 0. The third-order valence-corrected chi connectivity index (χ3v) is 2.33. The van der Waals surface area contributed by atoms with E-state index in [-0.39, 0.29) is 18.7 Å². The highest BCUT2D eigenvalue weighted by molar-refractivity contribution is 5.52. The number of nitrogens with zero attached hydrogens (tertiary/aromatic N) is 2. The Morgan fingerprint density at radius 1 is 1.18 bits per heavy atom. The van der Waals surface area contributed by atoms with E-state index in [1.54, 1.807) is 0 Å². The normalized spacial score (nSPS) is 11.8. The van der Waals surface area contributed by atoms with Crippen molar-refractivity contribution in [3.63, 3.8) is 0 Å². The highest BCUT2D eigenvalue weighted by Gasteiger charge is 2.18. The molecular formula is C10H10N2O5. The maximum Gasteiger partial charge on any atom is 0.269 e. The van der Waals surface area contributed by atoms with Crippen LogP contribution < -0.4 is 0 Å². The van der Waals surface area contributed by atoms with Crippen molar-refractivity contribution in [2.75, 3.05) is 6.54 Å². The number of nitro benzene ring substituents is 1. The summed E-state index contributed by atoms with van der Waals surface area (Å²) in [5, 5.41) is 20.8. The molecular weight excluding hydrogens is 228 g/mol. The van der Waals surface area contributed by atoms with E-state index < -0.39 is 15.8 Å². The van der Waals surface area contributed by atoms with E-state index in [2.05, 4.69) is 0 Å². The van der Waals surface area contributed by atoms with Crippen LogP contribution in [0, 0.1) is 20.2 Å². The molecule has 7 heteroatoms. The molecule has 1 aromatic carbocycles. The summed E-state index contributed by atoms with van der Waals surface area (Å²) in [4.78, 5) is 30.2. The van der Waals surface area contributed by atoms with E-state index in [9.17, 15) is 25.0 Å². The zero-order chi connectivity index (χ0) is 12.8. The largest absolute Gasteiger partial charge is 0.303 e. The Balaban J connectivity index is 2.90. The van der Waals surface area contributed by atoms with Crippen molar-refractivity contribution >= 4 is 12.0 Å². The van der Waals surface area contributed by atoms with Crippen molar-refractivity contribution in [2.24, 2.45) is 0 Å². The molecule has 0 aliphatic rings. The zero-order valence-corrected chi connectivity index (χ0v) is 8.81. The molecule has 1 rings (SSSR count). The maximum absolute atomic E-state index is 10.4. The van der Waals surface area contributed by atoms with E-state index in [1.807, 2.05) is 0 Å². The van der Waals surface area contributed by atoms with Crippen LogP contribution in [-0.2, 0) is 4.79 Å². The summed E-state index contributed by atoms with van der Waals surface area (Å²) in [5.74, 6) is -0.539. The minimum atomic E-state index is -0.550. The lowest BCUT2D eigenvalue weighted by atomic mass is 9.96. The summed E-state index contributed by atoms with van der Waals surface area (Å²) >= 11 is 0. The first-order valence-electron chi connectivity index (χ1n) is 4.84. The van der Waals surface area contributed by atoms with Crippen LogP contribution in [0.1, 0.15) is 17.9 Å². The average Bonchev–Trinajstić information content (AvgIpc) is 2.28. The van der Waals surface area contributed by atoms with Gasteiger partial charge in [0.1, 0.15) is 6.29 Å². The van der Waals surface area contributed by atoms with Crippen LogP contribution in [0.15, 0.2) is 24.3 Å². The van der Waals surface area contributed by atoms with Crippen LogP contribution in [0.3, 0.4) is 0 Å². The van der Waals surface area contributed by atoms with Gasteiger partial charge in [0.15, 0.2) is 0 Å². The van der Waals surface area contributed by atoms with E-state index in [0.29, 0.717) is 11.8 Å². The summed E-state index contributed by atoms with van der Waals surface area (Å²) in [6.45, 7) is -0.365. The van der Waals surface area contributed by atoms with Gasteiger partial charge in [-0.15, -0.1) is 0 Å². The molecule has 0 amide bonds. The highest BCUT2D eigenvalue weighted by atomic mass is 16.6. The van der Waals surface area contributed by atoms with Crippen LogP contribution in [0.4, 0.5) is 5.69 Å². The van der Waals surface area contributed by atoms with Crippen LogP contribution in [0.5, 0.6) is 0 Å². The third-order valence-electron chi connectivity index (χ3n) is 2.33. The van der Waals surface area contributed by atoms with Gasteiger partial charge >= 0.3 is 0 Å². The number of carbonyl (C=O) groups excluding carboxylic acids is 1. The maximum atomic E-state index is 10.4. The molecule has 0 saturated heterocycles. The molecule has 0 radical (unpaired) electrons. The Kier molecular flexibility index (Phi) is 4.27. The van der Waals surface area contributed by atoms with Crippen molar-refractivity contribution in [1.29, 1.82) is 0 Å². The first-order chi connectivity index (χ1) is 8.04. The quantitative estimate of drug-likeness (QED) is 0.424.